The summed E-state index contributed by atoms with van der Waals surface area (Å²) in [5, 5.41) is 14.2. The fraction of sp³-hybridized carbons (Fsp3) is 0.182. The number of ether oxygens (including phenoxy) is 1. The maximum absolute atomic E-state index is 9.45. The van der Waals surface area contributed by atoms with Crippen molar-refractivity contribution in [2.45, 2.75) is 19.6 Å². The highest BCUT2D eigenvalue weighted by molar-refractivity contribution is 6.30. The van der Waals surface area contributed by atoms with E-state index < -0.39 is 0 Å². The van der Waals surface area contributed by atoms with E-state index in [0.717, 1.165) is 16.6 Å². The number of nitrogens with one attached hydrogen (secondary N) is 2. The number of benzene rings is 2. The van der Waals surface area contributed by atoms with Crippen LogP contribution in [-0.2, 0) is 6.61 Å². The minimum atomic E-state index is -0.141. The summed E-state index contributed by atoms with van der Waals surface area (Å²) >= 11 is 6.01. The Balaban J connectivity index is 1.68. The topological polar surface area (TPSA) is 83.1 Å². The molecule has 4 rings (SSSR count). The SMILES string of the molecule is C[C@H](CO)Nc1nc(-c2ccccc2)nc2[nH]c(COc3cccc(Cl)c3)cc12. The first-order chi connectivity index (χ1) is 14.1. The van der Waals surface area contributed by atoms with Gasteiger partial charge in [0.25, 0.3) is 0 Å². The molecule has 29 heavy (non-hydrogen) atoms. The van der Waals surface area contributed by atoms with Crippen LogP contribution in [0.4, 0.5) is 5.82 Å². The van der Waals surface area contributed by atoms with Gasteiger partial charge in [0.2, 0.25) is 0 Å². The first-order valence-electron chi connectivity index (χ1n) is 9.33. The maximum atomic E-state index is 9.45. The fourth-order valence-electron chi connectivity index (χ4n) is 2.96. The first kappa shape index (κ1) is 19.2. The van der Waals surface area contributed by atoms with Crippen molar-refractivity contribution in [3.63, 3.8) is 0 Å². The van der Waals surface area contributed by atoms with Crippen LogP contribution in [0.2, 0.25) is 5.02 Å². The molecule has 1 atom stereocenters. The van der Waals surface area contributed by atoms with Crippen molar-refractivity contribution < 1.29 is 9.84 Å². The van der Waals surface area contributed by atoms with E-state index in [2.05, 4.69) is 15.3 Å². The van der Waals surface area contributed by atoms with Crippen LogP contribution in [0.15, 0.2) is 60.7 Å². The molecule has 0 unspecified atom stereocenters. The lowest BCUT2D eigenvalue weighted by atomic mass is 10.2. The van der Waals surface area contributed by atoms with Crippen LogP contribution < -0.4 is 10.1 Å². The smallest absolute Gasteiger partial charge is 0.163 e. The molecule has 0 bridgehead atoms. The number of fused-ring (bicyclic) bond motifs is 1. The Morgan fingerprint density at radius 2 is 1.93 bits per heavy atom. The zero-order valence-electron chi connectivity index (χ0n) is 15.9. The summed E-state index contributed by atoms with van der Waals surface area (Å²) in [6.07, 6.45) is 0. The predicted octanol–water partition coefficient (Wildman–Crippen LogP) is 4.65. The molecule has 0 amide bonds. The third-order valence-corrected chi connectivity index (χ3v) is 4.66. The summed E-state index contributed by atoms with van der Waals surface area (Å²) in [4.78, 5) is 12.7. The largest absolute Gasteiger partial charge is 0.487 e. The number of aliphatic hydroxyl groups excluding tert-OH is 1. The maximum Gasteiger partial charge on any atom is 0.163 e. The molecule has 0 aliphatic rings. The van der Waals surface area contributed by atoms with Gasteiger partial charge in [-0.3, -0.25) is 0 Å². The van der Waals surface area contributed by atoms with Gasteiger partial charge in [0.05, 0.1) is 17.7 Å². The lowest BCUT2D eigenvalue weighted by molar-refractivity contribution is 0.281. The van der Waals surface area contributed by atoms with Gasteiger partial charge in [-0.25, -0.2) is 9.97 Å². The molecule has 148 valence electrons. The van der Waals surface area contributed by atoms with Crippen molar-refractivity contribution in [2.24, 2.45) is 0 Å². The average molecular weight is 409 g/mol. The van der Waals surface area contributed by atoms with E-state index in [0.29, 0.717) is 34.7 Å². The molecule has 0 saturated heterocycles. The molecule has 0 aliphatic carbocycles. The number of anilines is 1. The van der Waals surface area contributed by atoms with Crippen LogP contribution in [0.3, 0.4) is 0 Å². The summed E-state index contributed by atoms with van der Waals surface area (Å²) in [6.45, 7) is 2.24. The highest BCUT2D eigenvalue weighted by atomic mass is 35.5. The van der Waals surface area contributed by atoms with E-state index in [1.54, 1.807) is 12.1 Å². The Bertz CT molecular complexity index is 1110. The molecule has 2 heterocycles. The molecule has 7 heteroatoms. The fourth-order valence-corrected chi connectivity index (χ4v) is 3.15. The number of rotatable bonds is 7. The van der Waals surface area contributed by atoms with E-state index in [4.69, 9.17) is 21.3 Å². The van der Waals surface area contributed by atoms with E-state index in [9.17, 15) is 5.11 Å². The van der Waals surface area contributed by atoms with E-state index in [-0.39, 0.29) is 12.6 Å². The summed E-state index contributed by atoms with van der Waals surface area (Å²) in [5.74, 6) is 1.97. The Labute approximate surface area is 173 Å². The molecule has 2 aromatic carbocycles. The lowest BCUT2D eigenvalue weighted by Gasteiger charge is -2.13. The molecular weight excluding hydrogens is 388 g/mol. The summed E-state index contributed by atoms with van der Waals surface area (Å²) < 4.78 is 5.84. The summed E-state index contributed by atoms with van der Waals surface area (Å²) in [6, 6.07) is 18.9. The summed E-state index contributed by atoms with van der Waals surface area (Å²) in [5.41, 5.74) is 2.48. The molecular formula is C22H21ClN4O2. The predicted molar refractivity (Wildman–Crippen MR) is 115 cm³/mol. The second-order valence-corrected chi connectivity index (χ2v) is 7.23. The monoisotopic (exact) mass is 408 g/mol. The molecule has 6 nitrogen and oxygen atoms in total. The van der Waals surface area contributed by atoms with Crippen molar-refractivity contribution in [3.05, 3.63) is 71.4 Å². The van der Waals surface area contributed by atoms with Gasteiger partial charge in [0, 0.05) is 16.6 Å². The van der Waals surface area contributed by atoms with Gasteiger partial charge in [0.1, 0.15) is 23.8 Å². The second-order valence-electron chi connectivity index (χ2n) is 6.79. The minimum absolute atomic E-state index is 0.00131. The molecule has 0 saturated carbocycles. The van der Waals surface area contributed by atoms with Gasteiger partial charge < -0.3 is 20.1 Å². The highest BCUT2D eigenvalue weighted by Crippen LogP contribution is 2.27. The van der Waals surface area contributed by atoms with Crippen molar-refractivity contribution in [3.8, 4) is 17.1 Å². The standard InChI is InChI=1S/C22H21ClN4O2/c1-14(12-28)24-21-19-11-17(13-29-18-9-5-8-16(23)10-18)25-22(19)27-20(26-21)15-6-3-2-4-7-15/h2-11,14,28H,12-13H2,1H3,(H2,24,25,26,27)/t14-/m1/s1. The second kappa shape index (κ2) is 8.51. The van der Waals surface area contributed by atoms with Crippen LogP contribution >= 0.6 is 11.6 Å². The Morgan fingerprint density at radius 3 is 2.69 bits per heavy atom. The Morgan fingerprint density at radius 1 is 1.10 bits per heavy atom. The number of nitrogens with zero attached hydrogens (tertiary/aromatic N) is 2. The van der Waals surface area contributed by atoms with Gasteiger partial charge in [0.15, 0.2) is 5.82 Å². The third kappa shape index (κ3) is 4.50. The molecule has 0 aliphatic heterocycles. The average Bonchev–Trinajstić information content (AvgIpc) is 3.16. The lowest BCUT2D eigenvalue weighted by Crippen LogP contribution is -2.20. The number of hydrogen-bond acceptors (Lipinski definition) is 5. The number of H-pyrrole nitrogens is 1. The first-order valence-corrected chi connectivity index (χ1v) is 9.71. The normalized spacial score (nSPS) is 12.1. The van der Waals surface area contributed by atoms with E-state index in [1.165, 1.54) is 0 Å². The molecule has 0 radical (unpaired) electrons. The number of aliphatic hydroxyl groups is 1. The molecule has 2 aromatic heterocycles. The number of aromatic amines is 1. The number of aromatic nitrogens is 3. The zero-order chi connectivity index (χ0) is 20.2. The van der Waals surface area contributed by atoms with Crippen LogP contribution in [0.1, 0.15) is 12.6 Å². The summed E-state index contributed by atoms with van der Waals surface area (Å²) in [7, 11) is 0. The number of hydrogen-bond donors (Lipinski definition) is 3. The molecule has 0 spiro atoms. The van der Waals surface area contributed by atoms with Crippen LogP contribution in [-0.4, -0.2) is 32.7 Å². The van der Waals surface area contributed by atoms with Crippen molar-refractivity contribution >= 4 is 28.5 Å². The molecule has 3 N–H and O–H groups in total. The van der Waals surface area contributed by atoms with Crippen molar-refractivity contribution in [1.82, 2.24) is 15.0 Å². The Kier molecular flexibility index (Phi) is 5.64. The Hall–Kier alpha value is -3.09. The van der Waals surface area contributed by atoms with Gasteiger partial charge >= 0.3 is 0 Å². The molecule has 0 fully saturated rings. The van der Waals surface area contributed by atoms with Crippen LogP contribution in [0.25, 0.3) is 22.4 Å². The highest BCUT2D eigenvalue weighted by Gasteiger charge is 2.14. The minimum Gasteiger partial charge on any atom is -0.487 e. The van der Waals surface area contributed by atoms with Gasteiger partial charge in [-0.1, -0.05) is 48.0 Å². The zero-order valence-corrected chi connectivity index (χ0v) is 16.6. The van der Waals surface area contributed by atoms with Crippen LogP contribution in [0.5, 0.6) is 5.75 Å². The molecule has 4 aromatic rings. The third-order valence-electron chi connectivity index (χ3n) is 4.42. The van der Waals surface area contributed by atoms with Gasteiger partial charge in [-0.2, -0.15) is 0 Å². The van der Waals surface area contributed by atoms with E-state index >= 15 is 0 Å². The van der Waals surface area contributed by atoms with Gasteiger partial charge in [-0.15, -0.1) is 0 Å². The van der Waals surface area contributed by atoms with Crippen molar-refractivity contribution in [1.29, 1.82) is 0 Å². The quantitative estimate of drug-likeness (QED) is 0.414. The van der Waals surface area contributed by atoms with Gasteiger partial charge in [-0.05, 0) is 31.2 Å². The van der Waals surface area contributed by atoms with Crippen LogP contribution in [0, 0.1) is 0 Å². The van der Waals surface area contributed by atoms with E-state index in [1.807, 2.05) is 55.5 Å². The number of halogens is 1. The van der Waals surface area contributed by atoms with Crippen molar-refractivity contribution in [2.75, 3.05) is 11.9 Å².